The Morgan fingerprint density at radius 1 is 0.917 bits per heavy atom. The van der Waals surface area contributed by atoms with Crippen molar-refractivity contribution in [1.29, 1.82) is 0 Å². The minimum Gasteiger partial charge on any atom is -0.316 e. The van der Waals surface area contributed by atoms with E-state index < -0.39 is 0 Å². The lowest BCUT2D eigenvalue weighted by atomic mass is 10.1. The van der Waals surface area contributed by atoms with Crippen molar-refractivity contribution in [1.82, 2.24) is 14.8 Å². The van der Waals surface area contributed by atoms with Crippen molar-refractivity contribution in [3.8, 4) is 27.6 Å². The van der Waals surface area contributed by atoms with E-state index in [2.05, 4.69) is 20.3 Å². The van der Waals surface area contributed by atoms with Crippen LogP contribution in [-0.2, 0) is 4.79 Å². The fraction of sp³-hybridized carbons (Fsp3) is 0.0741. The van der Waals surface area contributed by atoms with E-state index in [1.54, 1.807) is 31.3 Å². The zero-order valence-corrected chi connectivity index (χ0v) is 20.4. The summed E-state index contributed by atoms with van der Waals surface area (Å²) in [6.07, 6.45) is 0. The number of azo groups is 1. The lowest BCUT2D eigenvalue weighted by molar-refractivity contribution is -0.116. The summed E-state index contributed by atoms with van der Waals surface area (Å²) >= 11 is 1.37. The molecule has 0 fully saturated rings. The van der Waals surface area contributed by atoms with E-state index in [0.717, 1.165) is 22.5 Å². The number of benzene rings is 3. The highest BCUT2D eigenvalue weighted by Gasteiger charge is 2.19. The van der Waals surface area contributed by atoms with Crippen LogP contribution in [0.1, 0.15) is 6.92 Å². The molecule has 2 aromatic heterocycles. The Kier molecular flexibility index (Phi) is 6.38. The minimum atomic E-state index is -0.348. The minimum absolute atomic E-state index is 0.0673. The molecule has 3 aromatic carbocycles. The molecule has 0 aliphatic heterocycles. The fourth-order valence-electron chi connectivity index (χ4n) is 3.60. The van der Waals surface area contributed by atoms with Crippen LogP contribution in [0.15, 0.2) is 105 Å². The van der Waals surface area contributed by atoms with E-state index in [4.69, 9.17) is 0 Å². The van der Waals surface area contributed by atoms with Crippen LogP contribution in [0.4, 0.5) is 17.1 Å². The molecule has 8 nitrogen and oxygen atoms in total. The van der Waals surface area contributed by atoms with E-state index in [0.29, 0.717) is 16.5 Å². The van der Waals surface area contributed by atoms with Gasteiger partial charge >= 0.3 is 5.56 Å². The van der Waals surface area contributed by atoms with Crippen LogP contribution in [0.3, 0.4) is 0 Å². The van der Waals surface area contributed by atoms with Gasteiger partial charge in [-0.3, -0.25) is 14.7 Å². The Morgan fingerprint density at radius 3 is 2.19 bits per heavy atom. The van der Waals surface area contributed by atoms with Crippen molar-refractivity contribution < 1.29 is 4.79 Å². The molecule has 0 aliphatic rings. The molecule has 0 bridgehead atoms. The lowest BCUT2D eigenvalue weighted by Gasteiger charge is -2.14. The number of carbonyl (C=O) groups is 1. The van der Waals surface area contributed by atoms with E-state index in [1.807, 2.05) is 66.0 Å². The highest BCUT2D eigenvalue weighted by Crippen LogP contribution is 2.30. The number of H-pyrrole nitrogens is 1. The Labute approximate surface area is 211 Å². The van der Waals surface area contributed by atoms with Gasteiger partial charge in [0.15, 0.2) is 5.69 Å². The van der Waals surface area contributed by atoms with Gasteiger partial charge in [-0.05, 0) is 24.3 Å². The predicted octanol–water partition coefficient (Wildman–Crippen LogP) is 6.35. The van der Waals surface area contributed by atoms with Gasteiger partial charge in [0, 0.05) is 36.2 Å². The van der Waals surface area contributed by atoms with Crippen molar-refractivity contribution >= 4 is 34.3 Å². The highest BCUT2D eigenvalue weighted by molar-refractivity contribution is 7.12. The number of aromatic nitrogens is 3. The van der Waals surface area contributed by atoms with Gasteiger partial charge in [-0.15, -0.1) is 16.5 Å². The molecule has 36 heavy (non-hydrogen) atoms. The van der Waals surface area contributed by atoms with Gasteiger partial charge in [0.2, 0.25) is 11.0 Å². The highest BCUT2D eigenvalue weighted by atomic mass is 32.1. The molecule has 5 rings (SSSR count). The molecule has 2 heterocycles. The van der Waals surface area contributed by atoms with Crippen LogP contribution >= 0.6 is 11.3 Å². The average Bonchev–Trinajstić information content (AvgIpc) is 3.53. The fourth-order valence-corrected chi connectivity index (χ4v) is 4.39. The number of amides is 1. The zero-order chi connectivity index (χ0) is 25.1. The van der Waals surface area contributed by atoms with E-state index in [1.165, 1.54) is 27.8 Å². The predicted molar refractivity (Wildman–Crippen MR) is 143 cm³/mol. The number of aromatic amines is 1. The number of thiazole rings is 1. The molecule has 0 saturated carbocycles. The molecule has 0 atom stereocenters. The van der Waals surface area contributed by atoms with Gasteiger partial charge in [-0.2, -0.15) is 9.80 Å². The zero-order valence-electron chi connectivity index (χ0n) is 19.6. The Hall–Kier alpha value is -4.63. The summed E-state index contributed by atoms with van der Waals surface area (Å²) in [4.78, 5) is 31.2. The standard InChI is InChI=1S/C27H22N6O2S/c1-18(34)32(2)22-15-13-21(14-16-22)29-30-25-24(20-11-7-4-8-12-20)31-33(26(25)35)27-28-23(17-36-27)19-9-5-3-6-10-19/h3-17,31H,1-2H3. The third-order valence-electron chi connectivity index (χ3n) is 5.66. The van der Waals surface area contributed by atoms with Gasteiger partial charge < -0.3 is 4.90 Å². The molecular weight excluding hydrogens is 472 g/mol. The van der Waals surface area contributed by atoms with Gasteiger partial charge in [0.05, 0.1) is 17.1 Å². The summed E-state index contributed by atoms with van der Waals surface area (Å²) in [7, 11) is 1.70. The van der Waals surface area contributed by atoms with Crippen LogP contribution in [0.5, 0.6) is 0 Å². The summed E-state index contributed by atoms with van der Waals surface area (Å²) in [5, 5.41) is 14.2. The summed E-state index contributed by atoms with van der Waals surface area (Å²) in [6, 6.07) is 26.4. The van der Waals surface area contributed by atoms with Crippen molar-refractivity contribution in [2.75, 3.05) is 11.9 Å². The van der Waals surface area contributed by atoms with Crippen molar-refractivity contribution in [3.63, 3.8) is 0 Å². The van der Waals surface area contributed by atoms with Crippen molar-refractivity contribution in [2.24, 2.45) is 10.2 Å². The molecule has 5 aromatic rings. The Balaban J connectivity index is 1.53. The molecule has 0 saturated heterocycles. The molecule has 1 amide bonds. The summed E-state index contributed by atoms with van der Waals surface area (Å²) in [6.45, 7) is 1.50. The number of hydrogen-bond donors (Lipinski definition) is 1. The van der Waals surface area contributed by atoms with Gasteiger partial charge in [0.1, 0.15) is 0 Å². The number of nitrogens with one attached hydrogen (secondary N) is 1. The number of rotatable bonds is 6. The molecule has 0 spiro atoms. The first kappa shape index (κ1) is 23.1. The lowest BCUT2D eigenvalue weighted by Crippen LogP contribution is -2.22. The normalized spacial score (nSPS) is 11.2. The maximum absolute atomic E-state index is 13.4. The van der Waals surface area contributed by atoms with Gasteiger partial charge in [0.25, 0.3) is 0 Å². The van der Waals surface area contributed by atoms with Crippen LogP contribution in [0.2, 0.25) is 0 Å². The second-order valence-electron chi connectivity index (χ2n) is 8.02. The van der Waals surface area contributed by atoms with Crippen LogP contribution in [-0.4, -0.2) is 27.7 Å². The van der Waals surface area contributed by atoms with Gasteiger partial charge in [-0.25, -0.2) is 4.98 Å². The molecule has 1 N–H and O–H groups in total. The molecule has 0 radical (unpaired) electrons. The van der Waals surface area contributed by atoms with Crippen molar-refractivity contribution in [3.05, 3.63) is 101 Å². The topological polar surface area (TPSA) is 95.7 Å². The van der Waals surface area contributed by atoms with Crippen molar-refractivity contribution in [2.45, 2.75) is 6.92 Å². The molecule has 178 valence electrons. The Bertz CT molecular complexity index is 1590. The SMILES string of the molecule is CC(=O)N(C)c1ccc(N=Nc2c(-c3ccccc3)[nH]n(-c3nc(-c4ccccc4)cs3)c2=O)cc1. The molecule has 0 aliphatic carbocycles. The van der Waals surface area contributed by atoms with Crippen LogP contribution in [0.25, 0.3) is 27.6 Å². The average molecular weight is 495 g/mol. The first-order chi connectivity index (χ1) is 17.5. The van der Waals surface area contributed by atoms with E-state index in [-0.39, 0.29) is 17.2 Å². The van der Waals surface area contributed by atoms with Crippen LogP contribution < -0.4 is 10.5 Å². The summed E-state index contributed by atoms with van der Waals surface area (Å²) in [5.41, 5.74) is 4.26. The maximum atomic E-state index is 13.4. The number of hydrogen-bond acceptors (Lipinski definition) is 6. The third kappa shape index (κ3) is 4.64. The second-order valence-corrected chi connectivity index (χ2v) is 8.85. The number of anilines is 1. The monoisotopic (exact) mass is 494 g/mol. The maximum Gasteiger partial charge on any atom is 0.301 e. The number of carbonyl (C=O) groups excluding carboxylic acids is 1. The first-order valence-corrected chi connectivity index (χ1v) is 12.1. The van der Waals surface area contributed by atoms with Crippen LogP contribution in [0, 0.1) is 0 Å². The number of nitrogens with zero attached hydrogens (tertiary/aromatic N) is 5. The van der Waals surface area contributed by atoms with E-state index >= 15 is 0 Å². The summed E-state index contributed by atoms with van der Waals surface area (Å²) in [5.74, 6) is -0.0673. The molecular formula is C27H22N6O2S. The summed E-state index contributed by atoms with van der Waals surface area (Å²) < 4.78 is 1.40. The first-order valence-electron chi connectivity index (χ1n) is 11.2. The third-order valence-corrected chi connectivity index (χ3v) is 6.48. The largest absolute Gasteiger partial charge is 0.316 e. The van der Waals surface area contributed by atoms with E-state index in [9.17, 15) is 9.59 Å². The second kappa shape index (κ2) is 9.93. The Morgan fingerprint density at radius 2 is 1.56 bits per heavy atom. The smallest absolute Gasteiger partial charge is 0.301 e. The van der Waals surface area contributed by atoms with Gasteiger partial charge in [-0.1, -0.05) is 60.7 Å². The molecule has 9 heteroatoms. The quantitative estimate of drug-likeness (QED) is 0.278. The molecule has 0 unspecified atom stereocenters.